The van der Waals surface area contributed by atoms with E-state index in [0.29, 0.717) is 12.1 Å². The summed E-state index contributed by atoms with van der Waals surface area (Å²) in [5, 5.41) is 6.39. The molecule has 6 nitrogen and oxygen atoms in total. The van der Waals surface area contributed by atoms with E-state index in [2.05, 4.69) is 10.2 Å². The second kappa shape index (κ2) is 5.10. The van der Waals surface area contributed by atoms with Gasteiger partial charge in [0, 0.05) is 12.8 Å². The molecule has 19 heavy (non-hydrogen) atoms. The minimum atomic E-state index is -0.150. The lowest BCUT2D eigenvalue weighted by atomic mass is 10.2. The van der Waals surface area contributed by atoms with Crippen LogP contribution in [0.3, 0.4) is 0 Å². The first-order chi connectivity index (χ1) is 9.24. The van der Waals surface area contributed by atoms with Crippen molar-refractivity contribution in [3.63, 3.8) is 0 Å². The van der Waals surface area contributed by atoms with Gasteiger partial charge in [0.15, 0.2) is 0 Å². The molecule has 3 rings (SSSR count). The maximum absolute atomic E-state index is 12.3. The summed E-state index contributed by atoms with van der Waals surface area (Å²) in [4.78, 5) is 12.5. The molecular weight excluding hydrogens is 266 g/mol. The van der Waals surface area contributed by atoms with Crippen LogP contribution in [0.5, 0.6) is 0 Å². The molecule has 2 aromatic heterocycles. The predicted molar refractivity (Wildman–Crippen MR) is 70.4 cm³/mol. The van der Waals surface area contributed by atoms with E-state index in [0.717, 1.165) is 19.4 Å². The third-order valence-corrected chi connectivity index (χ3v) is 3.29. The maximum Gasteiger partial charge on any atom is 0.284 e. The van der Waals surface area contributed by atoms with Crippen LogP contribution >= 0.6 is 12.2 Å². The SMILES string of the molecule is O=c1c(-c2n[nH]c(=S)o2)cccn1CC1CCCO1. The second-order valence-corrected chi connectivity index (χ2v) is 4.80. The Morgan fingerprint density at radius 3 is 3.16 bits per heavy atom. The zero-order chi connectivity index (χ0) is 13.2. The molecule has 0 radical (unpaired) electrons. The van der Waals surface area contributed by atoms with Gasteiger partial charge in [-0.1, -0.05) is 0 Å². The van der Waals surface area contributed by atoms with E-state index in [1.807, 2.05) is 0 Å². The highest BCUT2D eigenvalue weighted by Crippen LogP contribution is 2.15. The fourth-order valence-corrected chi connectivity index (χ4v) is 2.32. The number of nitrogens with zero attached hydrogens (tertiary/aromatic N) is 2. The van der Waals surface area contributed by atoms with Crippen LogP contribution in [0, 0.1) is 4.84 Å². The van der Waals surface area contributed by atoms with Gasteiger partial charge in [0.05, 0.1) is 12.6 Å². The number of rotatable bonds is 3. The number of aromatic amines is 1. The van der Waals surface area contributed by atoms with Crippen molar-refractivity contribution in [2.45, 2.75) is 25.5 Å². The second-order valence-electron chi connectivity index (χ2n) is 4.43. The normalized spacial score (nSPS) is 18.8. The monoisotopic (exact) mass is 279 g/mol. The predicted octanol–water partition coefficient (Wildman–Crippen LogP) is 1.74. The minimum Gasteiger partial charge on any atom is -0.409 e. The van der Waals surface area contributed by atoms with Gasteiger partial charge in [-0.25, -0.2) is 5.10 Å². The van der Waals surface area contributed by atoms with Crippen LogP contribution in [-0.2, 0) is 11.3 Å². The van der Waals surface area contributed by atoms with E-state index in [4.69, 9.17) is 21.4 Å². The van der Waals surface area contributed by atoms with Crippen LogP contribution in [0.2, 0.25) is 0 Å². The average Bonchev–Trinajstić information content (AvgIpc) is 3.03. The van der Waals surface area contributed by atoms with Gasteiger partial charge in [0.2, 0.25) is 0 Å². The molecule has 3 heterocycles. The standard InChI is InChI=1S/C12H13N3O3S/c16-11-9(10-13-14-12(19)18-10)4-1-5-15(11)7-8-3-2-6-17-8/h1,4-5,8H,2-3,6-7H2,(H,14,19). The molecule has 2 aromatic rings. The van der Waals surface area contributed by atoms with Gasteiger partial charge in [-0.15, -0.1) is 5.10 Å². The van der Waals surface area contributed by atoms with Gasteiger partial charge >= 0.3 is 0 Å². The van der Waals surface area contributed by atoms with Crippen LogP contribution in [0.1, 0.15) is 12.8 Å². The van der Waals surface area contributed by atoms with Gasteiger partial charge < -0.3 is 13.7 Å². The van der Waals surface area contributed by atoms with Gasteiger partial charge in [-0.05, 0) is 37.2 Å². The van der Waals surface area contributed by atoms with Crippen LogP contribution in [0.25, 0.3) is 11.5 Å². The highest BCUT2D eigenvalue weighted by atomic mass is 32.1. The van der Waals surface area contributed by atoms with Crippen LogP contribution in [0.15, 0.2) is 27.5 Å². The zero-order valence-corrected chi connectivity index (χ0v) is 11.0. The summed E-state index contributed by atoms with van der Waals surface area (Å²) in [5.41, 5.74) is 0.246. The van der Waals surface area contributed by atoms with E-state index in [1.165, 1.54) is 0 Å². The van der Waals surface area contributed by atoms with Crippen LogP contribution in [-0.4, -0.2) is 27.5 Å². The Balaban J connectivity index is 1.94. The lowest BCUT2D eigenvalue weighted by Crippen LogP contribution is -2.26. The topological polar surface area (TPSA) is 73.0 Å². The molecular formula is C12H13N3O3S. The fourth-order valence-electron chi connectivity index (χ4n) is 2.20. The molecule has 0 aromatic carbocycles. The molecule has 1 atom stereocenters. The average molecular weight is 279 g/mol. The molecule has 1 aliphatic heterocycles. The Morgan fingerprint density at radius 2 is 2.47 bits per heavy atom. The summed E-state index contributed by atoms with van der Waals surface area (Å²) in [6, 6.07) is 3.46. The summed E-state index contributed by atoms with van der Waals surface area (Å²) < 4.78 is 12.3. The van der Waals surface area contributed by atoms with E-state index < -0.39 is 0 Å². The van der Waals surface area contributed by atoms with Crippen molar-refractivity contribution in [3.8, 4) is 11.5 Å². The lowest BCUT2D eigenvalue weighted by Gasteiger charge is -2.11. The highest BCUT2D eigenvalue weighted by Gasteiger charge is 2.18. The molecule has 0 aliphatic carbocycles. The van der Waals surface area contributed by atoms with Crippen molar-refractivity contribution < 1.29 is 9.15 Å². The molecule has 1 N–H and O–H groups in total. The smallest absolute Gasteiger partial charge is 0.284 e. The van der Waals surface area contributed by atoms with E-state index in [9.17, 15) is 4.79 Å². The Hall–Kier alpha value is -1.73. The van der Waals surface area contributed by atoms with E-state index in [1.54, 1.807) is 22.9 Å². The fraction of sp³-hybridized carbons (Fsp3) is 0.417. The Kier molecular flexibility index (Phi) is 3.31. The third-order valence-electron chi connectivity index (χ3n) is 3.11. The molecule has 1 aliphatic rings. The Morgan fingerprint density at radius 1 is 1.58 bits per heavy atom. The number of pyridine rings is 1. The first-order valence-corrected chi connectivity index (χ1v) is 6.52. The van der Waals surface area contributed by atoms with Gasteiger partial charge in [0.25, 0.3) is 16.3 Å². The van der Waals surface area contributed by atoms with Crippen LogP contribution in [0.4, 0.5) is 0 Å². The molecule has 0 bridgehead atoms. The number of hydrogen-bond donors (Lipinski definition) is 1. The van der Waals surface area contributed by atoms with Crippen molar-refractivity contribution in [1.29, 1.82) is 0 Å². The summed E-state index contributed by atoms with van der Waals surface area (Å²) in [5.74, 6) is 0.219. The number of ether oxygens (including phenoxy) is 1. The largest absolute Gasteiger partial charge is 0.409 e. The van der Waals surface area contributed by atoms with Gasteiger partial charge in [0.1, 0.15) is 5.56 Å². The number of hydrogen-bond acceptors (Lipinski definition) is 5. The van der Waals surface area contributed by atoms with Gasteiger partial charge in [-0.3, -0.25) is 4.79 Å². The Labute approximate surface area is 114 Å². The summed E-state index contributed by atoms with van der Waals surface area (Å²) in [6.07, 6.45) is 3.89. The zero-order valence-electron chi connectivity index (χ0n) is 10.2. The summed E-state index contributed by atoms with van der Waals surface area (Å²) in [7, 11) is 0. The molecule has 1 unspecified atom stereocenters. The number of H-pyrrole nitrogens is 1. The first kappa shape index (κ1) is 12.3. The van der Waals surface area contributed by atoms with Crippen molar-refractivity contribution in [2.24, 2.45) is 0 Å². The van der Waals surface area contributed by atoms with E-state index >= 15 is 0 Å². The highest BCUT2D eigenvalue weighted by molar-refractivity contribution is 7.71. The Bertz CT molecular complexity index is 682. The quantitative estimate of drug-likeness (QED) is 0.866. The summed E-state index contributed by atoms with van der Waals surface area (Å²) in [6.45, 7) is 1.32. The summed E-state index contributed by atoms with van der Waals surface area (Å²) >= 11 is 4.81. The molecule has 0 spiro atoms. The molecule has 7 heteroatoms. The van der Waals surface area contributed by atoms with Gasteiger partial charge in [-0.2, -0.15) is 0 Å². The molecule has 0 saturated carbocycles. The van der Waals surface area contributed by atoms with Crippen LogP contribution < -0.4 is 5.56 Å². The lowest BCUT2D eigenvalue weighted by molar-refractivity contribution is 0.0962. The molecule has 1 fully saturated rings. The maximum atomic E-state index is 12.3. The minimum absolute atomic E-state index is 0.110. The third kappa shape index (κ3) is 2.52. The van der Waals surface area contributed by atoms with Crippen molar-refractivity contribution in [2.75, 3.05) is 6.61 Å². The number of aromatic nitrogens is 3. The van der Waals surface area contributed by atoms with E-state index in [-0.39, 0.29) is 22.4 Å². The number of nitrogens with one attached hydrogen (secondary N) is 1. The molecule has 0 amide bonds. The van der Waals surface area contributed by atoms with Crippen molar-refractivity contribution in [3.05, 3.63) is 33.5 Å². The first-order valence-electron chi connectivity index (χ1n) is 6.11. The van der Waals surface area contributed by atoms with Crippen molar-refractivity contribution in [1.82, 2.24) is 14.8 Å². The molecule has 1 saturated heterocycles. The van der Waals surface area contributed by atoms with Crippen molar-refractivity contribution >= 4 is 12.2 Å². The molecule has 100 valence electrons.